The van der Waals surface area contributed by atoms with E-state index in [1.54, 1.807) is 6.07 Å². The molecule has 0 bridgehead atoms. The van der Waals surface area contributed by atoms with Gasteiger partial charge in [0.2, 0.25) is 5.91 Å². The van der Waals surface area contributed by atoms with Gasteiger partial charge in [-0.3, -0.25) is 4.79 Å². The summed E-state index contributed by atoms with van der Waals surface area (Å²) in [4.78, 5) is 24.9. The standard InChI is InChI=1S/C15H20N2O4/c1-10(2)16-13(18)6-7-17-8-9-21-14-11(15(19)20)4-3-5-12(14)17/h3-5,10H,6-9H2,1-2H3,(H,16,18)(H,19,20). The molecule has 1 aromatic rings. The highest BCUT2D eigenvalue weighted by atomic mass is 16.5. The second-order valence-electron chi connectivity index (χ2n) is 5.27. The molecule has 6 nitrogen and oxygen atoms in total. The number of hydrogen-bond acceptors (Lipinski definition) is 4. The third-order valence-electron chi connectivity index (χ3n) is 3.23. The Morgan fingerprint density at radius 3 is 2.86 bits per heavy atom. The van der Waals surface area contributed by atoms with Crippen LogP contribution in [0, 0.1) is 0 Å². The first-order chi connectivity index (χ1) is 9.99. The number of nitrogens with zero attached hydrogens (tertiary/aromatic N) is 1. The average molecular weight is 292 g/mol. The molecule has 0 atom stereocenters. The first-order valence-corrected chi connectivity index (χ1v) is 7.02. The molecule has 21 heavy (non-hydrogen) atoms. The van der Waals surface area contributed by atoms with Crippen molar-refractivity contribution < 1.29 is 19.4 Å². The van der Waals surface area contributed by atoms with Crippen LogP contribution in [-0.2, 0) is 4.79 Å². The molecular formula is C15H20N2O4. The van der Waals surface area contributed by atoms with Gasteiger partial charge in [-0.25, -0.2) is 4.79 Å². The van der Waals surface area contributed by atoms with Crippen LogP contribution in [0.4, 0.5) is 5.69 Å². The number of carbonyl (C=O) groups is 2. The Balaban J connectivity index is 2.10. The van der Waals surface area contributed by atoms with Crippen molar-refractivity contribution in [3.63, 3.8) is 0 Å². The molecule has 0 spiro atoms. The van der Waals surface area contributed by atoms with E-state index in [4.69, 9.17) is 4.74 Å². The first kappa shape index (κ1) is 15.2. The topological polar surface area (TPSA) is 78.9 Å². The summed E-state index contributed by atoms with van der Waals surface area (Å²) >= 11 is 0. The lowest BCUT2D eigenvalue weighted by molar-refractivity contribution is -0.121. The van der Waals surface area contributed by atoms with Crippen molar-refractivity contribution in [1.29, 1.82) is 0 Å². The lowest BCUT2D eigenvalue weighted by atomic mass is 10.1. The summed E-state index contributed by atoms with van der Waals surface area (Å²) in [6, 6.07) is 5.16. The number of nitrogens with one attached hydrogen (secondary N) is 1. The fourth-order valence-corrected chi connectivity index (χ4v) is 2.34. The van der Waals surface area contributed by atoms with E-state index in [-0.39, 0.29) is 17.5 Å². The summed E-state index contributed by atoms with van der Waals surface area (Å²) in [6.07, 6.45) is 0.370. The maximum atomic E-state index is 11.7. The van der Waals surface area contributed by atoms with Crippen molar-refractivity contribution in [3.8, 4) is 5.75 Å². The van der Waals surface area contributed by atoms with E-state index in [1.807, 2.05) is 24.8 Å². The molecular weight excluding hydrogens is 272 g/mol. The van der Waals surface area contributed by atoms with Gasteiger partial charge in [-0.05, 0) is 26.0 Å². The number of anilines is 1. The van der Waals surface area contributed by atoms with E-state index in [9.17, 15) is 14.7 Å². The zero-order chi connectivity index (χ0) is 15.4. The molecule has 0 aliphatic carbocycles. The number of carboxylic acids is 1. The molecule has 1 aliphatic rings. The van der Waals surface area contributed by atoms with Crippen molar-refractivity contribution in [3.05, 3.63) is 23.8 Å². The predicted molar refractivity (Wildman–Crippen MR) is 79.0 cm³/mol. The maximum absolute atomic E-state index is 11.7. The third-order valence-corrected chi connectivity index (χ3v) is 3.23. The van der Waals surface area contributed by atoms with Gasteiger partial charge in [-0.1, -0.05) is 6.07 Å². The number of para-hydroxylation sites is 1. The number of rotatable bonds is 5. The highest BCUT2D eigenvalue weighted by Gasteiger charge is 2.23. The Hall–Kier alpha value is -2.24. The number of aromatic carboxylic acids is 1. The van der Waals surface area contributed by atoms with Crippen LogP contribution >= 0.6 is 0 Å². The van der Waals surface area contributed by atoms with Gasteiger partial charge < -0.3 is 20.1 Å². The van der Waals surface area contributed by atoms with E-state index < -0.39 is 5.97 Å². The molecule has 1 heterocycles. The fourth-order valence-electron chi connectivity index (χ4n) is 2.34. The van der Waals surface area contributed by atoms with E-state index in [0.717, 1.165) is 5.69 Å². The zero-order valence-corrected chi connectivity index (χ0v) is 12.3. The van der Waals surface area contributed by atoms with Crippen molar-refractivity contribution in [2.24, 2.45) is 0 Å². The van der Waals surface area contributed by atoms with E-state index >= 15 is 0 Å². The Morgan fingerprint density at radius 1 is 1.43 bits per heavy atom. The molecule has 0 aromatic heterocycles. The molecule has 6 heteroatoms. The molecule has 0 saturated carbocycles. The molecule has 114 valence electrons. The van der Waals surface area contributed by atoms with Crippen LogP contribution in [-0.4, -0.2) is 42.7 Å². The molecule has 1 amide bonds. The van der Waals surface area contributed by atoms with Gasteiger partial charge in [0.15, 0.2) is 5.75 Å². The van der Waals surface area contributed by atoms with Crippen LogP contribution < -0.4 is 15.0 Å². The summed E-state index contributed by atoms with van der Waals surface area (Å²) < 4.78 is 5.49. The number of hydrogen-bond donors (Lipinski definition) is 2. The maximum Gasteiger partial charge on any atom is 0.339 e. The average Bonchev–Trinajstić information content (AvgIpc) is 2.43. The van der Waals surface area contributed by atoms with Crippen molar-refractivity contribution in [2.75, 3.05) is 24.6 Å². The SMILES string of the molecule is CC(C)NC(=O)CCN1CCOc2c(C(=O)O)cccc21. The van der Waals surface area contributed by atoms with Crippen LogP contribution in [0.3, 0.4) is 0 Å². The van der Waals surface area contributed by atoms with Crippen molar-refractivity contribution in [1.82, 2.24) is 5.32 Å². The fraction of sp³-hybridized carbons (Fsp3) is 0.467. The molecule has 1 aliphatic heterocycles. The summed E-state index contributed by atoms with van der Waals surface area (Å²) in [6.45, 7) is 5.44. The summed E-state index contributed by atoms with van der Waals surface area (Å²) in [5, 5.41) is 12.0. The number of carboxylic acid groups (broad SMARTS) is 1. The van der Waals surface area contributed by atoms with Gasteiger partial charge in [0.25, 0.3) is 0 Å². The first-order valence-electron chi connectivity index (χ1n) is 7.02. The quantitative estimate of drug-likeness (QED) is 0.860. The van der Waals surface area contributed by atoms with Crippen molar-refractivity contribution >= 4 is 17.6 Å². The van der Waals surface area contributed by atoms with Crippen LogP contribution in [0.25, 0.3) is 0 Å². The van der Waals surface area contributed by atoms with E-state index in [1.165, 1.54) is 6.07 Å². The molecule has 0 radical (unpaired) electrons. The Bertz CT molecular complexity index is 542. The molecule has 2 N–H and O–H groups in total. The van der Waals surface area contributed by atoms with E-state index in [0.29, 0.717) is 31.9 Å². The Labute approximate surface area is 123 Å². The summed E-state index contributed by atoms with van der Waals surface area (Å²) in [7, 11) is 0. The normalized spacial score (nSPS) is 13.6. The highest BCUT2D eigenvalue weighted by molar-refractivity contribution is 5.93. The van der Waals surface area contributed by atoms with Gasteiger partial charge in [0.1, 0.15) is 12.2 Å². The minimum absolute atomic E-state index is 0.00701. The number of fused-ring (bicyclic) bond motifs is 1. The molecule has 0 fully saturated rings. The monoisotopic (exact) mass is 292 g/mol. The lowest BCUT2D eigenvalue weighted by Gasteiger charge is -2.31. The van der Waals surface area contributed by atoms with Gasteiger partial charge in [-0.2, -0.15) is 0 Å². The minimum atomic E-state index is -1.01. The molecule has 0 unspecified atom stereocenters. The van der Waals surface area contributed by atoms with Crippen molar-refractivity contribution in [2.45, 2.75) is 26.3 Å². The van der Waals surface area contributed by atoms with Gasteiger partial charge in [-0.15, -0.1) is 0 Å². The smallest absolute Gasteiger partial charge is 0.339 e. The molecule has 0 saturated heterocycles. The number of benzene rings is 1. The number of carbonyl (C=O) groups excluding carboxylic acids is 1. The van der Waals surface area contributed by atoms with Crippen LogP contribution in [0.15, 0.2) is 18.2 Å². The zero-order valence-electron chi connectivity index (χ0n) is 12.3. The largest absolute Gasteiger partial charge is 0.489 e. The van der Waals surface area contributed by atoms with Crippen LogP contribution in [0.1, 0.15) is 30.6 Å². The molecule has 2 rings (SSSR count). The molecule has 1 aromatic carbocycles. The second-order valence-corrected chi connectivity index (χ2v) is 5.27. The summed E-state index contributed by atoms with van der Waals surface area (Å²) in [5.74, 6) is -0.626. The third kappa shape index (κ3) is 3.65. The van der Waals surface area contributed by atoms with Gasteiger partial charge in [0.05, 0.1) is 12.2 Å². The van der Waals surface area contributed by atoms with Gasteiger partial charge >= 0.3 is 5.97 Å². The van der Waals surface area contributed by atoms with Crippen LogP contribution in [0.2, 0.25) is 0 Å². The lowest BCUT2D eigenvalue weighted by Crippen LogP contribution is -2.38. The number of ether oxygens (including phenoxy) is 1. The van der Waals surface area contributed by atoms with Crippen LogP contribution in [0.5, 0.6) is 5.75 Å². The minimum Gasteiger partial charge on any atom is -0.489 e. The van der Waals surface area contributed by atoms with E-state index in [2.05, 4.69) is 5.32 Å². The summed E-state index contributed by atoms with van der Waals surface area (Å²) in [5.41, 5.74) is 0.891. The predicted octanol–water partition coefficient (Wildman–Crippen LogP) is 1.50. The second kappa shape index (κ2) is 6.47. The highest BCUT2D eigenvalue weighted by Crippen LogP contribution is 2.34. The Morgan fingerprint density at radius 2 is 2.19 bits per heavy atom. The van der Waals surface area contributed by atoms with Gasteiger partial charge in [0, 0.05) is 19.0 Å². The Kier molecular flexibility index (Phi) is 4.67. The number of amides is 1.